The van der Waals surface area contributed by atoms with Gasteiger partial charge < -0.3 is 10.0 Å². The molecule has 2 aromatic heterocycles. The van der Waals surface area contributed by atoms with Crippen LogP contribution in [-0.2, 0) is 12.1 Å². The van der Waals surface area contributed by atoms with Crippen molar-refractivity contribution in [3.8, 4) is 0 Å². The van der Waals surface area contributed by atoms with E-state index in [4.69, 9.17) is 4.98 Å². The van der Waals surface area contributed by atoms with Crippen LogP contribution in [0, 0.1) is 11.6 Å². The second kappa shape index (κ2) is 9.08. The zero-order valence-corrected chi connectivity index (χ0v) is 18.9. The highest BCUT2D eigenvalue weighted by atomic mass is 19.1. The van der Waals surface area contributed by atoms with E-state index in [-0.39, 0.29) is 12.1 Å². The van der Waals surface area contributed by atoms with Gasteiger partial charge in [-0.1, -0.05) is 24.3 Å². The van der Waals surface area contributed by atoms with Crippen molar-refractivity contribution < 1.29 is 13.9 Å². The molecular formula is C25H26F2N6O. The van der Waals surface area contributed by atoms with E-state index in [0.29, 0.717) is 26.2 Å². The van der Waals surface area contributed by atoms with Crippen LogP contribution in [0.3, 0.4) is 0 Å². The molecule has 0 amide bonds. The fraction of sp³-hybridized carbons (Fsp3) is 0.320. The summed E-state index contributed by atoms with van der Waals surface area (Å²) in [6.45, 7) is 4.57. The molecule has 1 saturated heterocycles. The van der Waals surface area contributed by atoms with E-state index in [2.05, 4.69) is 25.9 Å². The molecule has 0 radical (unpaired) electrons. The molecule has 0 aliphatic carbocycles. The van der Waals surface area contributed by atoms with Gasteiger partial charge >= 0.3 is 0 Å². The molecule has 1 aliphatic rings. The van der Waals surface area contributed by atoms with Crippen LogP contribution in [0.2, 0.25) is 0 Å². The second-order valence-electron chi connectivity index (χ2n) is 8.70. The molecule has 0 bridgehead atoms. The van der Waals surface area contributed by atoms with E-state index in [9.17, 15) is 13.9 Å². The van der Waals surface area contributed by atoms with E-state index in [0.717, 1.165) is 22.8 Å². The molecule has 176 valence electrons. The number of hydrogen-bond donors (Lipinski definition) is 1. The maximum Gasteiger partial charge on any atom is 0.137 e. The van der Waals surface area contributed by atoms with Crippen molar-refractivity contribution in [1.29, 1.82) is 0 Å². The van der Waals surface area contributed by atoms with Crippen LogP contribution in [0.15, 0.2) is 67.3 Å². The molecule has 9 heteroatoms. The van der Waals surface area contributed by atoms with Crippen LogP contribution in [0.5, 0.6) is 0 Å². The maximum atomic E-state index is 14.8. The highest BCUT2D eigenvalue weighted by molar-refractivity contribution is 5.80. The van der Waals surface area contributed by atoms with Gasteiger partial charge in [0.05, 0.1) is 12.1 Å². The van der Waals surface area contributed by atoms with Gasteiger partial charge in [-0.25, -0.2) is 23.4 Å². The molecule has 34 heavy (non-hydrogen) atoms. The molecule has 1 aliphatic heterocycles. The number of fused-ring (bicyclic) bond motifs is 1. The Balaban J connectivity index is 1.37. The third-order valence-electron chi connectivity index (χ3n) is 6.73. The Labute approximate surface area is 196 Å². The van der Waals surface area contributed by atoms with Crippen molar-refractivity contribution in [3.63, 3.8) is 0 Å². The zero-order valence-electron chi connectivity index (χ0n) is 18.9. The topological polar surface area (TPSA) is 70.3 Å². The summed E-state index contributed by atoms with van der Waals surface area (Å²) in [5.41, 5.74) is -0.658. The average molecular weight is 465 g/mol. The summed E-state index contributed by atoms with van der Waals surface area (Å²) in [5.74, 6) is -0.560. The molecular weight excluding hydrogens is 438 g/mol. The molecule has 2 aromatic carbocycles. The predicted molar refractivity (Wildman–Crippen MR) is 125 cm³/mol. The summed E-state index contributed by atoms with van der Waals surface area (Å²) in [7, 11) is 0. The first kappa shape index (κ1) is 22.4. The first-order valence-electron chi connectivity index (χ1n) is 11.3. The Kier molecular flexibility index (Phi) is 5.97. The van der Waals surface area contributed by atoms with Crippen LogP contribution in [0.25, 0.3) is 10.9 Å². The third-order valence-corrected chi connectivity index (χ3v) is 6.73. The number of rotatable bonds is 6. The number of piperazine rings is 1. The summed E-state index contributed by atoms with van der Waals surface area (Å²) < 4.78 is 29.9. The minimum atomic E-state index is -1.64. The van der Waals surface area contributed by atoms with Crippen LogP contribution >= 0.6 is 0 Å². The third kappa shape index (κ3) is 4.24. The Morgan fingerprint density at radius 1 is 1.03 bits per heavy atom. The zero-order chi connectivity index (χ0) is 23.7. The lowest BCUT2D eigenvalue weighted by atomic mass is 9.85. The number of halogens is 2. The van der Waals surface area contributed by atoms with Crippen LogP contribution < -0.4 is 4.90 Å². The largest absolute Gasteiger partial charge is 0.381 e. The summed E-state index contributed by atoms with van der Waals surface area (Å²) in [5, 5.41) is 17.0. The lowest BCUT2D eigenvalue weighted by molar-refractivity contribution is -0.0650. The Morgan fingerprint density at radius 3 is 2.56 bits per heavy atom. The van der Waals surface area contributed by atoms with E-state index in [1.165, 1.54) is 29.5 Å². The summed E-state index contributed by atoms with van der Waals surface area (Å²) in [6.07, 6.45) is 2.84. The molecule has 4 aromatic rings. The van der Waals surface area contributed by atoms with E-state index >= 15 is 0 Å². The lowest BCUT2D eigenvalue weighted by Crippen LogP contribution is -2.57. The molecule has 0 saturated carbocycles. The van der Waals surface area contributed by atoms with Gasteiger partial charge in [-0.05, 0) is 31.2 Å². The predicted octanol–water partition coefficient (Wildman–Crippen LogP) is 3.20. The minimum absolute atomic E-state index is 0.0108. The molecule has 5 rings (SSSR count). The van der Waals surface area contributed by atoms with Gasteiger partial charge in [0.2, 0.25) is 0 Å². The Hall–Kier alpha value is -3.43. The number of pyridine rings is 1. The highest BCUT2D eigenvalue weighted by Crippen LogP contribution is 2.33. The number of anilines is 1. The van der Waals surface area contributed by atoms with Gasteiger partial charge in [-0.3, -0.25) is 4.90 Å². The number of benzene rings is 2. The fourth-order valence-electron chi connectivity index (χ4n) is 4.72. The SMILES string of the molecule is CC(N1CCN(c2ccc3ccccc3n2)CC1)C(O)(Cn1cncn1)c1ccc(F)cc1F. The van der Waals surface area contributed by atoms with E-state index in [1.54, 1.807) is 0 Å². The van der Waals surface area contributed by atoms with E-state index in [1.807, 2.05) is 37.3 Å². The first-order chi connectivity index (χ1) is 16.4. The standard InChI is InChI=1S/C25H26F2N6O/c1-18(25(34,15-33-17-28-16-29-33)21-8-7-20(26)14-22(21)27)31-10-12-32(13-11-31)24-9-6-19-4-2-3-5-23(19)30-24/h2-9,14,16-18,34H,10-13,15H2,1H3. The van der Waals surface area contributed by atoms with E-state index < -0.39 is 23.3 Å². The molecule has 2 atom stereocenters. The van der Waals surface area contributed by atoms with Crippen LogP contribution in [-0.4, -0.2) is 62.0 Å². The molecule has 0 spiro atoms. The summed E-state index contributed by atoms with van der Waals surface area (Å²) >= 11 is 0. The number of nitrogens with zero attached hydrogens (tertiary/aromatic N) is 6. The smallest absolute Gasteiger partial charge is 0.137 e. The quantitative estimate of drug-likeness (QED) is 0.473. The number of para-hydroxylation sites is 1. The molecule has 3 heterocycles. The van der Waals surface area contributed by atoms with Crippen LogP contribution in [0.4, 0.5) is 14.6 Å². The highest BCUT2D eigenvalue weighted by Gasteiger charge is 2.42. The Bertz CT molecular complexity index is 1280. The maximum absolute atomic E-state index is 14.8. The Morgan fingerprint density at radius 2 is 1.82 bits per heavy atom. The van der Waals surface area contributed by atoms with Gasteiger partial charge in [0.15, 0.2) is 0 Å². The number of aromatic nitrogens is 4. The summed E-state index contributed by atoms with van der Waals surface area (Å²) in [6, 6.07) is 14.9. The van der Waals surface area contributed by atoms with Crippen molar-refractivity contribution in [2.45, 2.75) is 25.1 Å². The van der Waals surface area contributed by atoms with Gasteiger partial charge in [0.25, 0.3) is 0 Å². The van der Waals surface area contributed by atoms with Crippen molar-refractivity contribution in [1.82, 2.24) is 24.6 Å². The fourth-order valence-corrected chi connectivity index (χ4v) is 4.72. The number of aliphatic hydroxyl groups is 1. The second-order valence-corrected chi connectivity index (χ2v) is 8.70. The molecule has 7 nitrogen and oxygen atoms in total. The minimum Gasteiger partial charge on any atom is -0.381 e. The molecule has 1 N–H and O–H groups in total. The van der Waals surface area contributed by atoms with Gasteiger partial charge in [-0.15, -0.1) is 0 Å². The van der Waals surface area contributed by atoms with Gasteiger partial charge in [-0.2, -0.15) is 5.10 Å². The molecule has 2 unspecified atom stereocenters. The molecule has 1 fully saturated rings. The van der Waals surface area contributed by atoms with Crippen molar-refractivity contribution in [3.05, 3.63) is 84.4 Å². The van der Waals surface area contributed by atoms with Gasteiger partial charge in [0, 0.05) is 49.2 Å². The normalized spacial score (nSPS) is 17.6. The summed E-state index contributed by atoms with van der Waals surface area (Å²) in [4.78, 5) is 13.1. The van der Waals surface area contributed by atoms with Crippen molar-refractivity contribution in [2.75, 3.05) is 31.1 Å². The average Bonchev–Trinajstić information content (AvgIpc) is 3.36. The van der Waals surface area contributed by atoms with Crippen molar-refractivity contribution in [2.24, 2.45) is 0 Å². The van der Waals surface area contributed by atoms with Crippen molar-refractivity contribution >= 4 is 16.7 Å². The monoisotopic (exact) mass is 464 g/mol. The van der Waals surface area contributed by atoms with Gasteiger partial charge in [0.1, 0.15) is 35.7 Å². The lowest BCUT2D eigenvalue weighted by Gasteiger charge is -2.45. The first-order valence-corrected chi connectivity index (χ1v) is 11.3. The number of hydrogen-bond acceptors (Lipinski definition) is 6. The van der Waals surface area contributed by atoms with Crippen LogP contribution in [0.1, 0.15) is 12.5 Å².